The predicted molar refractivity (Wildman–Crippen MR) is 121 cm³/mol. The lowest BCUT2D eigenvalue weighted by Crippen LogP contribution is -2.15. The summed E-state index contributed by atoms with van der Waals surface area (Å²) in [4.78, 5) is 30.3. The van der Waals surface area contributed by atoms with E-state index in [0.29, 0.717) is 27.7 Å². The lowest BCUT2D eigenvalue weighted by atomic mass is 10.0. The molecule has 5 nitrogen and oxygen atoms in total. The van der Waals surface area contributed by atoms with Gasteiger partial charge in [0.25, 0.3) is 0 Å². The Balaban J connectivity index is 1.64. The molecule has 0 saturated heterocycles. The van der Waals surface area contributed by atoms with E-state index in [9.17, 15) is 9.59 Å². The molecule has 0 unspecified atom stereocenters. The van der Waals surface area contributed by atoms with Gasteiger partial charge in [-0.05, 0) is 39.0 Å². The Morgan fingerprint density at radius 1 is 0.935 bits per heavy atom. The molecule has 2 aromatic carbocycles. The molecule has 0 amide bonds. The van der Waals surface area contributed by atoms with Crippen LogP contribution in [0.25, 0.3) is 22.2 Å². The van der Waals surface area contributed by atoms with Crippen LogP contribution in [0.2, 0.25) is 0 Å². The number of carbonyl (C=O) groups is 2. The molecule has 0 atom stereocenters. The molecular weight excluding hydrogens is 388 g/mol. The summed E-state index contributed by atoms with van der Waals surface area (Å²) in [6.07, 6.45) is 0. The Hall–Kier alpha value is -3.73. The highest BCUT2D eigenvalue weighted by atomic mass is 16.5. The first-order valence-corrected chi connectivity index (χ1v) is 10.1. The van der Waals surface area contributed by atoms with Crippen LogP contribution in [0, 0.1) is 20.8 Å². The van der Waals surface area contributed by atoms with E-state index in [1.165, 1.54) is 0 Å². The van der Waals surface area contributed by atoms with Gasteiger partial charge in [0.2, 0.25) is 5.78 Å². The number of pyridine rings is 1. The molecule has 156 valence electrons. The van der Waals surface area contributed by atoms with Crippen molar-refractivity contribution in [3.05, 3.63) is 88.7 Å². The number of ketones is 1. The third-order valence-corrected chi connectivity index (χ3v) is 5.69. The van der Waals surface area contributed by atoms with Crippen molar-refractivity contribution < 1.29 is 14.3 Å². The Morgan fingerprint density at radius 2 is 1.65 bits per heavy atom. The number of nitrogens with zero attached hydrogens (tertiary/aromatic N) is 2. The van der Waals surface area contributed by atoms with E-state index >= 15 is 0 Å². The number of rotatable bonds is 5. The maximum atomic E-state index is 13.0. The molecule has 0 aliphatic rings. The largest absolute Gasteiger partial charge is 0.454 e. The third-order valence-electron chi connectivity index (χ3n) is 5.69. The Bertz CT molecular complexity index is 1300. The Labute approximate surface area is 181 Å². The predicted octanol–water partition coefficient (Wildman–Crippen LogP) is 5.21. The summed E-state index contributed by atoms with van der Waals surface area (Å²) in [6.45, 7) is 5.53. The zero-order valence-electron chi connectivity index (χ0n) is 18.1. The van der Waals surface area contributed by atoms with Crippen molar-refractivity contribution in [1.82, 2.24) is 9.55 Å². The minimum Gasteiger partial charge on any atom is -0.454 e. The molecule has 2 aromatic heterocycles. The number of carbonyl (C=O) groups excluding carboxylic acids is 2. The Kier molecular flexibility index (Phi) is 5.42. The van der Waals surface area contributed by atoms with Crippen LogP contribution in [0.15, 0.2) is 60.7 Å². The van der Waals surface area contributed by atoms with Gasteiger partial charge in [-0.1, -0.05) is 48.0 Å². The van der Waals surface area contributed by atoms with Gasteiger partial charge < -0.3 is 9.30 Å². The number of aromatic nitrogens is 2. The van der Waals surface area contributed by atoms with Crippen LogP contribution in [0.5, 0.6) is 0 Å². The van der Waals surface area contributed by atoms with Crippen LogP contribution in [-0.2, 0) is 11.8 Å². The molecule has 4 rings (SSSR count). The van der Waals surface area contributed by atoms with E-state index in [0.717, 1.165) is 22.5 Å². The number of hydrogen-bond acceptors (Lipinski definition) is 4. The first-order valence-electron chi connectivity index (χ1n) is 10.1. The number of ether oxygens (including phenoxy) is 1. The van der Waals surface area contributed by atoms with Crippen molar-refractivity contribution in [3.8, 4) is 11.3 Å². The number of para-hydroxylation sites is 1. The lowest BCUT2D eigenvalue weighted by Gasteiger charge is -2.10. The summed E-state index contributed by atoms with van der Waals surface area (Å²) < 4.78 is 7.38. The monoisotopic (exact) mass is 412 g/mol. The molecule has 5 heteroatoms. The zero-order chi connectivity index (χ0) is 22.1. The molecule has 0 saturated carbocycles. The second kappa shape index (κ2) is 8.19. The van der Waals surface area contributed by atoms with Gasteiger partial charge in [-0.2, -0.15) is 0 Å². The fourth-order valence-electron chi connectivity index (χ4n) is 3.64. The van der Waals surface area contributed by atoms with Crippen molar-refractivity contribution in [3.63, 3.8) is 0 Å². The third kappa shape index (κ3) is 3.99. The smallest absolute Gasteiger partial charge is 0.339 e. The number of benzene rings is 2. The molecular formula is C26H24N2O3. The first-order chi connectivity index (χ1) is 14.8. The van der Waals surface area contributed by atoms with Crippen LogP contribution in [-0.4, -0.2) is 27.9 Å². The average molecular weight is 412 g/mol. The Morgan fingerprint density at radius 3 is 2.32 bits per heavy atom. The summed E-state index contributed by atoms with van der Waals surface area (Å²) in [5.41, 5.74) is 6.26. The van der Waals surface area contributed by atoms with Crippen molar-refractivity contribution in [2.45, 2.75) is 20.8 Å². The SMILES string of the molecule is Cc1ccc(-c2cc(C(=O)OCC(=O)c3cc(C)n(C)c3C)c3ccccc3n2)cc1. The van der Waals surface area contributed by atoms with Crippen molar-refractivity contribution >= 4 is 22.7 Å². The number of esters is 1. The molecule has 0 radical (unpaired) electrons. The van der Waals surface area contributed by atoms with Gasteiger partial charge in [-0.3, -0.25) is 4.79 Å². The molecule has 4 aromatic rings. The van der Waals surface area contributed by atoms with Gasteiger partial charge in [-0.25, -0.2) is 9.78 Å². The van der Waals surface area contributed by atoms with Crippen molar-refractivity contribution in [2.24, 2.45) is 7.05 Å². The average Bonchev–Trinajstić information content (AvgIpc) is 3.04. The summed E-state index contributed by atoms with van der Waals surface area (Å²) in [5.74, 6) is -0.753. The van der Waals surface area contributed by atoms with Gasteiger partial charge in [0, 0.05) is 34.9 Å². The maximum Gasteiger partial charge on any atom is 0.339 e. The molecule has 0 aliphatic carbocycles. The van der Waals surface area contributed by atoms with Gasteiger partial charge in [-0.15, -0.1) is 0 Å². The van der Waals surface area contributed by atoms with Crippen LogP contribution in [0.4, 0.5) is 0 Å². The van der Waals surface area contributed by atoms with Gasteiger partial charge in [0.1, 0.15) is 0 Å². The summed E-state index contributed by atoms with van der Waals surface area (Å²) in [6, 6.07) is 19.0. The maximum absolute atomic E-state index is 13.0. The molecule has 0 fully saturated rings. The van der Waals surface area contributed by atoms with E-state index < -0.39 is 5.97 Å². The molecule has 0 bridgehead atoms. The second-order valence-corrected chi connectivity index (χ2v) is 7.78. The molecule has 0 spiro atoms. The minimum atomic E-state index is -0.536. The highest BCUT2D eigenvalue weighted by Gasteiger charge is 2.19. The molecule has 0 aliphatic heterocycles. The number of aryl methyl sites for hydroxylation is 2. The van der Waals surface area contributed by atoms with E-state index in [1.807, 2.05) is 87.0 Å². The normalized spacial score (nSPS) is 11.0. The fraction of sp³-hybridized carbons (Fsp3) is 0.192. The standard InChI is InChI=1S/C26H24N2O3/c1-16-9-11-19(12-10-16)24-14-22(20-7-5-6-8-23(20)27-24)26(30)31-15-25(29)21-13-17(2)28(4)18(21)3/h5-14H,15H2,1-4H3. The van der Waals surface area contributed by atoms with Crippen LogP contribution in [0.3, 0.4) is 0 Å². The van der Waals surface area contributed by atoms with Crippen LogP contribution >= 0.6 is 0 Å². The highest BCUT2D eigenvalue weighted by molar-refractivity contribution is 6.06. The van der Waals surface area contributed by atoms with Gasteiger partial charge >= 0.3 is 5.97 Å². The zero-order valence-corrected chi connectivity index (χ0v) is 18.1. The van der Waals surface area contributed by atoms with Gasteiger partial charge in [0.15, 0.2) is 6.61 Å². The first kappa shape index (κ1) is 20.5. The van der Waals surface area contributed by atoms with Crippen LogP contribution < -0.4 is 0 Å². The topological polar surface area (TPSA) is 61.2 Å². The van der Waals surface area contributed by atoms with Gasteiger partial charge in [0.05, 0.1) is 16.8 Å². The van der Waals surface area contributed by atoms with E-state index in [4.69, 9.17) is 9.72 Å². The van der Waals surface area contributed by atoms with Crippen molar-refractivity contribution in [1.29, 1.82) is 0 Å². The molecule has 0 N–H and O–H groups in total. The number of Topliss-reactive ketones (excluding diaryl/α,β-unsaturated/α-hetero) is 1. The fourth-order valence-corrected chi connectivity index (χ4v) is 3.64. The number of fused-ring (bicyclic) bond motifs is 1. The summed E-state index contributed by atoms with van der Waals surface area (Å²) in [5, 5.41) is 0.697. The van der Waals surface area contributed by atoms with E-state index in [2.05, 4.69) is 0 Å². The number of hydrogen-bond donors (Lipinski definition) is 0. The molecule has 31 heavy (non-hydrogen) atoms. The minimum absolute atomic E-state index is 0.216. The highest BCUT2D eigenvalue weighted by Crippen LogP contribution is 2.26. The quantitative estimate of drug-likeness (QED) is 0.334. The summed E-state index contributed by atoms with van der Waals surface area (Å²) >= 11 is 0. The van der Waals surface area contributed by atoms with Crippen LogP contribution in [0.1, 0.15) is 37.7 Å². The molecule has 2 heterocycles. The van der Waals surface area contributed by atoms with E-state index in [-0.39, 0.29) is 12.4 Å². The lowest BCUT2D eigenvalue weighted by molar-refractivity contribution is 0.0476. The van der Waals surface area contributed by atoms with Crippen molar-refractivity contribution in [2.75, 3.05) is 6.61 Å². The van der Waals surface area contributed by atoms with E-state index in [1.54, 1.807) is 6.07 Å². The summed E-state index contributed by atoms with van der Waals surface area (Å²) in [7, 11) is 1.91. The second-order valence-electron chi connectivity index (χ2n) is 7.78.